The number of aryl methyl sites for hydroxylation is 1. The summed E-state index contributed by atoms with van der Waals surface area (Å²) in [5.41, 5.74) is 8.98. The minimum atomic E-state index is 0. The molecule has 2 aromatic rings. The lowest BCUT2D eigenvalue weighted by atomic mass is 9.67. The number of aromatic nitrogens is 2. The van der Waals surface area contributed by atoms with Crippen molar-refractivity contribution in [3.63, 3.8) is 0 Å². The highest BCUT2D eigenvalue weighted by Gasteiger charge is 2.40. The molecule has 0 spiro atoms. The molecule has 0 aliphatic heterocycles. The summed E-state index contributed by atoms with van der Waals surface area (Å²) in [6.45, 7) is 4.03. The van der Waals surface area contributed by atoms with Crippen molar-refractivity contribution in [2.75, 3.05) is 0 Å². The molecule has 2 heterocycles. The number of nitrogens with two attached hydrogens (primary N) is 1. The Morgan fingerprint density at radius 3 is 2.52 bits per heavy atom. The van der Waals surface area contributed by atoms with Crippen molar-refractivity contribution >= 4 is 42.1 Å². The molecule has 0 aromatic carbocycles. The molecule has 27 heavy (non-hydrogen) atoms. The van der Waals surface area contributed by atoms with Gasteiger partial charge in [0, 0.05) is 35.0 Å². The van der Waals surface area contributed by atoms with Crippen LogP contribution in [0.5, 0.6) is 0 Å². The van der Waals surface area contributed by atoms with Gasteiger partial charge < -0.3 is 11.1 Å². The van der Waals surface area contributed by atoms with E-state index in [0.717, 1.165) is 34.9 Å². The molecule has 2 unspecified atom stereocenters. The molecule has 5 nitrogen and oxygen atoms in total. The van der Waals surface area contributed by atoms with Crippen LogP contribution in [0.3, 0.4) is 0 Å². The lowest BCUT2D eigenvalue weighted by molar-refractivity contribution is 0.0755. The van der Waals surface area contributed by atoms with Crippen molar-refractivity contribution in [2.45, 2.75) is 58.0 Å². The van der Waals surface area contributed by atoms with Crippen LogP contribution < -0.4 is 11.1 Å². The summed E-state index contributed by atoms with van der Waals surface area (Å²) >= 11 is 1.59. The lowest BCUT2D eigenvalue weighted by Gasteiger charge is -2.45. The molecule has 1 amide bonds. The largest absolute Gasteiger partial charge is 0.349 e. The average Bonchev–Trinajstić information content (AvgIpc) is 3.16. The van der Waals surface area contributed by atoms with Crippen LogP contribution in [0.1, 0.15) is 53.8 Å². The van der Waals surface area contributed by atoms with Gasteiger partial charge in [0.05, 0.1) is 5.56 Å². The molecule has 2 atom stereocenters. The number of nitrogens with zero attached hydrogens (tertiary/aromatic N) is 2. The fourth-order valence-electron chi connectivity index (χ4n) is 4.87. The average molecular weight is 431 g/mol. The predicted octanol–water partition coefficient (Wildman–Crippen LogP) is 4.03. The van der Waals surface area contributed by atoms with E-state index in [-0.39, 0.29) is 36.8 Å². The minimum Gasteiger partial charge on any atom is -0.349 e. The summed E-state index contributed by atoms with van der Waals surface area (Å²) in [7, 11) is 0. The van der Waals surface area contributed by atoms with Crippen molar-refractivity contribution in [3.8, 4) is 5.13 Å². The van der Waals surface area contributed by atoms with Crippen molar-refractivity contribution in [1.82, 2.24) is 14.9 Å². The maximum absolute atomic E-state index is 13.0. The molecule has 3 N–H and O–H groups in total. The number of carbonyl (C=O) groups is 1. The highest BCUT2D eigenvalue weighted by atomic mass is 35.5. The minimum absolute atomic E-state index is 0. The van der Waals surface area contributed by atoms with Crippen LogP contribution in [0.4, 0.5) is 0 Å². The van der Waals surface area contributed by atoms with Crippen molar-refractivity contribution in [2.24, 2.45) is 17.6 Å². The molecular formula is C19H28Cl2N4OS. The molecule has 0 saturated heterocycles. The lowest BCUT2D eigenvalue weighted by Crippen LogP contribution is -2.53. The van der Waals surface area contributed by atoms with E-state index in [2.05, 4.69) is 14.9 Å². The summed E-state index contributed by atoms with van der Waals surface area (Å²) in [6, 6.07) is 2.57. The van der Waals surface area contributed by atoms with Gasteiger partial charge in [-0.15, -0.1) is 36.2 Å². The standard InChI is InChI=1S/C19H26N4OS.2ClH/c1-11-8-16(12(2)23(11)19-21-6-7-25-19)18(24)22-17-13-4-3-5-14(17)10-15(20)9-13;;/h6-8,13-15,17H,3-5,9-10,20H2,1-2H3,(H,22,24);2*1H. The highest BCUT2D eigenvalue weighted by Crippen LogP contribution is 2.39. The molecular weight excluding hydrogens is 403 g/mol. The summed E-state index contributed by atoms with van der Waals surface area (Å²) in [5, 5.41) is 6.23. The Balaban J connectivity index is 0.00000131. The van der Waals surface area contributed by atoms with E-state index < -0.39 is 0 Å². The molecule has 2 saturated carbocycles. The predicted molar refractivity (Wildman–Crippen MR) is 115 cm³/mol. The van der Waals surface area contributed by atoms with E-state index >= 15 is 0 Å². The van der Waals surface area contributed by atoms with Crippen LogP contribution in [0.2, 0.25) is 0 Å². The molecule has 2 aliphatic carbocycles. The zero-order chi connectivity index (χ0) is 17.6. The number of amides is 1. The summed E-state index contributed by atoms with van der Waals surface area (Å²) in [4.78, 5) is 17.4. The number of fused-ring (bicyclic) bond motifs is 2. The third-order valence-electron chi connectivity index (χ3n) is 5.96. The second-order valence-electron chi connectivity index (χ2n) is 7.62. The van der Waals surface area contributed by atoms with Gasteiger partial charge in [0.2, 0.25) is 0 Å². The quantitative estimate of drug-likeness (QED) is 0.771. The van der Waals surface area contributed by atoms with Gasteiger partial charge in [-0.05, 0) is 57.4 Å². The smallest absolute Gasteiger partial charge is 0.253 e. The molecule has 8 heteroatoms. The Bertz CT molecular complexity index is 763. The van der Waals surface area contributed by atoms with Crippen molar-refractivity contribution < 1.29 is 4.79 Å². The number of hydrogen-bond donors (Lipinski definition) is 2. The van der Waals surface area contributed by atoms with Gasteiger partial charge in [-0.1, -0.05) is 6.42 Å². The van der Waals surface area contributed by atoms with Crippen LogP contribution in [-0.4, -0.2) is 27.5 Å². The van der Waals surface area contributed by atoms with E-state index in [1.54, 1.807) is 17.5 Å². The number of nitrogens with one attached hydrogen (secondary N) is 1. The SMILES string of the molecule is Cc1cc(C(=O)NC2C3CCCC2CC(N)C3)c(C)n1-c1nccs1.Cl.Cl. The summed E-state index contributed by atoms with van der Waals surface area (Å²) < 4.78 is 2.07. The zero-order valence-electron chi connectivity index (χ0n) is 15.7. The van der Waals surface area contributed by atoms with Crippen LogP contribution >= 0.6 is 36.2 Å². The van der Waals surface area contributed by atoms with Crippen LogP contribution in [-0.2, 0) is 0 Å². The van der Waals surface area contributed by atoms with Gasteiger partial charge in [-0.2, -0.15) is 0 Å². The van der Waals surface area contributed by atoms with Gasteiger partial charge in [0.25, 0.3) is 5.91 Å². The second kappa shape index (κ2) is 8.95. The first-order chi connectivity index (χ1) is 12.0. The van der Waals surface area contributed by atoms with E-state index in [0.29, 0.717) is 17.9 Å². The van der Waals surface area contributed by atoms with Crippen LogP contribution in [0.25, 0.3) is 5.13 Å². The first-order valence-electron chi connectivity index (χ1n) is 9.20. The molecule has 2 aromatic heterocycles. The molecule has 4 rings (SSSR count). The highest BCUT2D eigenvalue weighted by molar-refractivity contribution is 7.12. The summed E-state index contributed by atoms with van der Waals surface area (Å²) in [6.07, 6.45) is 7.53. The number of carbonyl (C=O) groups excluding carboxylic acids is 1. The first-order valence-corrected chi connectivity index (χ1v) is 10.1. The second-order valence-corrected chi connectivity index (χ2v) is 8.49. The fraction of sp³-hybridized carbons (Fsp3) is 0.579. The van der Waals surface area contributed by atoms with Gasteiger partial charge in [0.15, 0.2) is 5.13 Å². The number of halogens is 2. The van der Waals surface area contributed by atoms with E-state index in [9.17, 15) is 4.79 Å². The van der Waals surface area contributed by atoms with Gasteiger partial charge in [-0.3, -0.25) is 9.36 Å². The Morgan fingerprint density at radius 2 is 1.93 bits per heavy atom. The Morgan fingerprint density at radius 1 is 1.26 bits per heavy atom. The van der Waals surface area contributed by atoms with Gasteiger partial charge >= 0.3 is 0 Å². The van der Waals surface area contributed by atoms with Gasteiger partial charge in [0.1, 0.15) is 0 Å². The topological polar surface area (TPSA) is 72.9 Å². The van der Waals surface area contributed by atoms with Crippen molar-refractivity contribution in [1.29, 1.82) is 0 Å². The van der Waals surface area contributed by atoms with Crippen LogP contribution in [0, 0.1) is 25.7 Å². The van der Waals surface area contributed by atoms with E-state index in [1.165, 1.54) is 19.3 Å². The number of thiazole rings is 1. The molecule has 2 fully saturated rings. The first kappa shape index (κ1) is 22.2. The summed E-state index contributed by atoms with van der Waals surface area (Å²) in [5.74, 6) is 1.12. The van der Waals surface area contributed by atoms with Gasteiger partial charge in [-0.25, -0.2) is 4.98 Å². The molecule has 150 valence electrons. The zero-order valence-corrected chi connectivity index (χ0v) is 18.1. The van der Waals surface area contributed by atoms with E-state index in [4.69, 9.17) is 5.73 Å². The molecule has 0 radical (unpaired) electrons. The third-order valence-corrected chi connectivity index (χ3v) is 6.72. The Labute approximate surface area is 176 Å². The van der Waals surface area contributed by atoms with Crippen LogP contribution in [0.15, 0.2) is 17.6 Å². The normalized spacial score (nSPS) is 26.6. The maximum atomic E-state index is 13.0. The number of hydrogen-bond acceptors (Lipinski definition) is 4. The Kier molecular flexibility index (Phi) is 7.36. The number of rotatable bonds is 3. The monoisotopic (exact) mass is 430 g/mol. The molecule has 2 bridgehead atoms. The molecule has 2 aliphatic rings. The maximum Gasteiger partial charge on any atom is 0.253 e. The third kappa shape index (κ3) is 4.19. The van der Waals surface area contributed by atoms with Crippen molar-refractivity contribution in [3.05, 3.63) is 34.6 Å². The Hall–Kier alpha value is -1.08. The fourth-order valence-corrected chi connectivity index (χ4v) is 5.62. The van der Waals surface area contributed by atoms with E-state index in [1.807, 2.05) is 25.3 Å².